The summed E-state index contributed by atoms with van der Waals surface area (Å²) in [5, 5.41) is 8.59. The zero-order valence-electron chi connectivity index (χ0n) is 17.0. The molecule has 5 nitrogen and oxygen atoms in total. The van der Waals surface area contributed by atoms with E-state index in [2.05, 4.69) is 52.4 Å². The maximum atomic E-state index is 5.05. The fourth-order valence-corrected chi connectivity index (χ4v) is 6.80. The maximum Gasteiger partial charge on any atom is 0.254 e. The molecule has 4 fully saturated rings. The molecule has 4 bridgehead atoms. The minimum atomic E-state index is 0.182. The van der Waals surface area contributed by atoms with Crippen LogP contribution in [-0.2, 0) is 5.41 Å². The molecule has 0 radical (unpaired) electrons. The molecule has 4 aliphatic carbocycles. The Bertz CT molecular complexity index is 1080. The van der Waals surface area contributed by atoms with Gasteiger partial charge < -0.3 is 5.32 Å². The van der Waals surface area contributed by atoms with Crippen molar-refractivity contribution in [2.24, 2.45) is 17.8 Å². The molecule has 0 spiro atoms. The van der Waals surface area contributed by atoms with E-state index in [0.717, 1.165) is 45.3 Å². The highest BCUT2D eigenvalue weighted by atomic mass is 79.9. The molecule has 150 valence electrons. The Morgan fingerprint density at radius 3 is 2.34 bits per heavy atom. The van der Waals surface area contributed by atoms with Gasteiger partial charge in [-0.15, -0.1) is 5.10 Å². The molecule has 6 heteroatoms. The van der Waals surface area contributed by atoms with E-state index < -0.39 is 0 Å². The number of halogens is 1. The molecule has 3 aromatic rings. The molecule has 1 aromatic carbocycles. The summed E-state index contributed by atoms with van der Waals surface area (Å²) in [6.45, 7) is 4.13. The molecule has 4 aliphatic rings. The third-order valence-electron chi connectivity index (χ3n) is 7.38. The second kappa shape index (κ2) is 6.27. The van der Waals surface area contributed by atoms with E-state index in [1.807, 2.05) is 11.4 Å². The Hall–Kier alpha value is -1.95. The molecule has 29 heavy (non-hydrogen) atoms. The third kappa shape index (κ3) is 2.90. The lowest BCUT2D eigenvalue weighted by Gasteiger charge is -2.55. The molecule has 0 saturated heterocycles. The monoisotopic (exact) mass is 451 g/mol. The predicted molar refractivity (Wildman–Crippen MR) is 118 cm³/mol. The summed E-state index contributed by atoms with van der Waals surface area (Å²) in [6.07, 6.45) is 8.09. The van der Waals surface area contributed by atoms with E-state index in [-0.39, 0.29) is 5.41 Å². The van der Waals surface area contributed by atoms with Crippen LogP contribution < -0.4 is 5.32 Å². The molecule has 0 amide bonds. The average Bonchev–Trinajstić information content (AvgIpc) is 3.09. The molecular weight excluding hydrogens is 426 g/mol. The first-order valence-corrected chi connectivity index (χ1v) is 11.5. The number of nitrogens with one attached hydrogen (secondary N) is 1. The molecule has 2 heterocycles. The van der Waals surface area contributed by atoms with Crippen LogP contribution in [0.3, 0.4) is 0 Å². The summed E-state index contributed by atoms with van der Waals surface area (Å²) >= 11 is 3.58. The molecular formula is C23H26BrN5. The van der Waals surface area contributed by atoms with Crippen molar-refractivity contribution in [2.75, 3.05) is 5.32 Å². The molecule has 0 unspecified atom stereocenters. The van der Waals surface area contributed by atoms with Crippen molar-refractivity contribution in [3.63, 3.8) is 0 Å². The number of aromatic nitrogens is 4. The van der Waals surface area contributed by atoms with Crippen molar-refractivity contribution >= 4 is 33.2 Å². The van der Waals surface area contributed by atoms with Gasteiger partial charge in [0.25, 0.3) is 5.78 Å². The van der Waals surface area contributed by atoms with Crippen LogP contribution in [0.25, 0.3) is 5.78 Å². The highest BCUT2D eigenvalue weighted by Gasteiger charge is 2.53. The lowest BCUT2D eigenvalue weighted by molar-refractivity contribution is -0.00925. The van der Waals surface area contributed by atoms with Gasteiger partial charge in [0.1, 0.15) is 5.82 Å². The molecule has 0 aliphatic heterocycles. The van der Waals surface area contributed by atoms with E-state index in [4.69, 9.17) is 15.1 Å². The van der Waals surface area contributed by atoms with Gasteiger partial charge in [-0.3, -0.25) is 0 Å². The zero-order valence-corrected chi connectivity index (χ0v) is 18.5. The minimum Gasteiger partial charge on any atom is -0.340 e. The quantitative estimate of drug-likeness (QED) is 0.553. The van der Waals surface area contributed by atoms with Gasteiger partial charge in [0.15, 0.2) is 5.82 Å². The molecule has 2 aromatic heterocycles. The first-order valence-electron chi connectivity index (χ1n) is 10.8. The SMILES string of the molecule is Cc1cc(Nc2ccc(Br)c(C)c2)n2nc(C34CC5CC(CC(C5)C3)C4)nc2n1. The van der Waals surface area contributed by atoms with Gasteiger partial charge in [-0.2, -0.15) is 9.50 Å². The third-order valence-corrected chi connectivity index (χ3v) is 8.27. The normalized spacial score (nSPS) is 30.2. The average molecular weight is 452 g/mol. The Morgan fingerprint density at radius 1 is 1.00 bits per heavy atom. The van der Waals surface area contributed by atoms with Crippen LogP contribution in [0.5, 0.6) is 0 Å². The summed E-state index contributed by atoms with van der Waals surface area (Å²) in [4.78, 5) is 9.69. The smallest absolute Gasteiger partial charge is 0.254 e. The number of rotatable bonds is 3. The van der Waals surface area contributed by atoms with Crippen LogP contribution in [0.15, 0.2) is 28.7 Å². The van der Waals surface area contributed by atoms with Crippen LogP contribution in [0.4, 0.5) is 11.5 Å². The van der Waals surface area contributed by atoms with Crippen LogP contribution in [0.2, 0.25) is 0 Å². The molecule has 4 saturated carbocycles. The van der Waals surface area contributed by atoms with E-state index in [9.17, 15) is 0 Å². The second-order valence-corrected chi connectivity index (χ2v) is 10.6. The fraction of sp³-hybridized carbons (Fsp3) is 0.522. The van der Waals surface area contributed by atoms with Crippen molar-refractivity contribution in [3.8, 4) is 0 Å². The summed E-state index contributed by atoms with van der Waals surface area (Å²) in [6, 6.07) is 8.35. The number of aryl methyl sites for hydroxylation is 2. The highest BCUT2D eigenvalue weighted by molar-refractivity contribution is 9.10. The number of anilines is 2. The number of nitrogens with zero attached hydrogens (tertiary/aromatic N) is 4. The van der Waals surface area contributed by atoms with E-state index in [1.165, 1.54) is 44.1 Å². The summed E-state index contributed by atoms with van der Waals surface area (Å²) < 4.78 is 3.03. The van der Waals surface area contributed by atoms with Crippen LogP contribution >= 0.6 is 15.9 Å². The van der Waals surface area contributed by atoms with Crippen LogP contribution in [-0.4, -0.2) is 19.6 Å². The topological polar surface area (TPSA) is 55.1 Å². The standard InChI is InChI=1S/C23H26BrN5/c1-13-5-18(3-4-19(13)24)26-20-6-14(2)25-22-27-21(28-29(20)22)23-10-15-7-16(11-23)9-17(8-15)12-23/h3-6,15-17,26H,7-12H2,1-2H3. The first kappa shape index (κ1) is 17.9. The summed E-state index contributed by atoms with van der Waals surface area (Å²) in [5.41, 5.74) is 3.38. The van der Waals surface area contributed by atoms with Crippen molar-refractivity contribution in [2.45, 2.75) is 57.8 Å². The summed E-state index contributed by atoms with van der Waals surface area (Å²) in [7, 11) is 0. The molecule has 1 N–H and O–H groups in total. The Labute approximate surface area is 179 Å². The number of hydrogen-bond donors (Lipinski definition) is 1. The zero-order chi connectivity index (χ0) is 19.8. The van der Waals surface area contributed by atoms with E-state index in [0.29, 0.717) is 5.78 Å². The predicted octanol–water partition coefficient (Wildman–Crippen LogP) is 5.72. The second-order valence-electron chi connectivity index (χ2n) is 9.72. The van der Waals surface area contributed by atoms with Gasteiger partial charge in [0, 0.05) is 27.3 Å². The molecule has 0 atom stereocenters. The number of fused-ring (bicyclic) bond motifs is 1. The van der Waals surface area contributed by atoms with Crippen molar-refractivity contribution < 1.29 is 0 Å². The van der Waals surface area contributed by atoms with Crippen molar-refractivity contribution in [3.05, 3.63) is 45.8 Å². The van der Waals surface area contributed by atoms with Gasteiger partial charge in [0.05, 0.1) is 0 Å². The van der Waals surface area contributed by atoms with Crippen molar-refractivity contribution in [1.29, 1.82) is 0 Å². The van der Waals surface area contributed by atoms with Crippen LogP contribution in [0, 0.1) is 31.6 Å². The number of benzene rings is 1. The van der Waals surface area contributed by atoms with Gasteiger partial charge in [-0.1, -0.05) is 15.9 Å². The van der Waals surface area contributed by atoms with Gasteiger partial charge in [-0.05, 0) is 93.9 Å². The Balaban J connectivity index is 1.42. The van der Waals surface area contributed by atoms with Crippen LogP contribution in [0.1, 0.15) is 55.6 Å². The lowest BCUT2D eigenvalue weighted by Crippen LogP contribution is -2.49. The van der Waals surface area contributed by atoms with Gasteiger partial charge in [-0.25, -0.2) is 4.98 Å². The van der Waals surface area contributed by atoms with E-state index >= 15 is 0 Å². The van der Waals surface area contributed by atoms with Crippen molar-refractivity contribution in [1.82, 2.24) is 19.6 Å². The largest absolute Gasteiger partial charge is 0.340 e. The highest BCUT2D eigenvalue weighted by Crippen LogP contribution is 2.60. The Morgan fingerprint density at radius 2 is 1.69 bits per heavy atom. The van der Waals surface area contributed by atoms with Gasteiger partial charge >= 0.3 is 0 Å². The fourth-order valence-electron chi connectivity index (χ4n) is 6.56. The van der Waals surface area contributed by atoms with Gasteiger partial charge in [0.2, 0.25) is 0 Å². The first-order chi connectivity index (χ1) is 14.0. The number of hydrogen-bond acceptors (Lipinski definition) is 4. The maximum absolute atomic E-state index is 5.05. The molecule has 7 rings (SSSR count). The lowest BCUT2D eigenvalue weighted by atomic mass is 9.49. The van der Waals surface area contributed by atoms with E-state index in [1.54, 1.807) is 0 Å². The summed E-state index contributed by atoms with van der Waals surface area (Å²) in [5.74, 6) is 5.32. The minimum absolute atomic E-state index is 0.182. The Kier molecular flexibility index (Phi) is 3.87.